The van der Waals surface area contributed by atoms with Gasteiger partial charge in [0.1, 0.15) is 0 Å². The third-order valence-electron chi connectivity index (χ3n) is 3.79. The average molecular weight is 404 g/mol. The summed E-state index contributed by atoms with van der Waals surface area (Å²) in [5, 5.41) is 17.1. The molecule has 0 radical (unpaired) electrons. The van der Waals surface area contributed by atoms with Gasteiger partial charge in [0, 0.05) is 32.1 Å². The number of rotatable bonds is 18. The topological polar surface area (TPSA) is 165 Å². The third kappa shape index (κ3) is 17.2. The van der Waals surface area contributed by atoms with Crippen LogP contribution in [0.15, 0.2) is 0 Å². The summed E-state index contributed by atoms with van der Waals surface area (Å²) in [7, 11) is 0. The molecule has 0 aliphatic rings. The van der Waals surface area contributed by atoms with Gasteiger partial charge < -0.3 is 25.5 Å². The highest BCUT2D eigenvalue weighted by molar-refractivity contribution is 5.70. The number of unbranched alkanes of at least 4 members (excludes halogenated alkanes) is 4. The molecule has 0 saturated heterocycles. The van der Waals surface area contributed by atoms with Crippen molar-refractivity contribution in [2.45, 2.75) is 83.3 Å². The van der Waals surface area contributed by atoms with Gasteiger partial charge in [-0.3, -0.25) is 19.2 Å². The highest BCUT2D eigenvalue weighted by Gasteiger charge is 2.16. The minimum Gasteiger partial charge on any atom is -0.481 e. The van der Waals surface area contributed by atoms with Crippen LogP contribution in [0.2, 0.25) is 0 Å². The van der Waals surface area contributed by atoms with Crippen molar-refractivity contribution >= 4 is 23.9 Å². The largest absolute Gasteiger partial charge is 0.481 e. The Bertz CT molecular complexity index is 484. The summed E-state index contributed by atoms with van der Waals surface area (Å²) >= 11 is 0. The van der Waals surface area contributed by atoms with Crippen molar-refractivity contribution in [1.29, 1.82) is 0 Å². The molecule has 0 aromatic rings. The van der Waals surface area contributed by atoms with Gasteiger partial charge in [0.05, 0.1) is 0 Å². The number of nitrogens with one attached hydrogen (secondary N) is 1. The molecular formula is C18H32N2O8. The van der Waals surface area contributed by atoms with E-state index in [0.29, 0.717) is 38.6 Å². The quantitative estimate of drug-likeness (QED) is 0.114. The summed E-state index contributed by atoms with van der Waals surface area (Å²) in [6, 6.07) is 0. The molecule has 5 N–H and O–H groups in total. The molecule has 162 valence electrons. The summed E-state index contributed by atoms with van der Waals surface area (Å²) in [5.41, 5.74) is 7.89. The molecular weight excluding hydrogens is 372 g/mol. The lowest BCUT2D eigenvalue weighted by molar-refractivity contribution is -0.173. The van der Waals surface area contributed by atoms with Crippen molar-refractivity contribution in [3.8, 4) is 0 Å². The van der Waals surface area contributed by atoms with Crippen LogP contribution in [0, 0.1) is 0 Å². The van der Waals surface area contributed by atoms with E-state index in [2.05, 4.69) is 5.48 Å². The summed E-state index contributed by atoms with van der Waals surface area (Å²) in [4.78, 5) is 49.4. The van der Waals surface area contributed by atoms with Gasteiger partial charge in [0.15, 0.2) is 6.23 Å². The third-order valence-corrected chi connectivity index (χ3v) is 3.79. The lowest BCUT2D eigenvalue weighted by atomic mass is 10.2. The zero-order valence-corrected chi connectivity index (χ0v) is 16.2. The molecule has 0 aliphatic heterocycles. The molecule has 1 atom stereocenters. The molecule has 0 aliphatic carbocycles. The zero-order chi connectivity index (χ0) is 21.2. The first kappa shape index (κ1) is 25.8. The second kappa shape index (κ2) is 16.9. The molecule has 0 amide bonds. The van der Waals surface area contributed by atoms with Crippen LogP contribution in [0.3, 0.4) is 0 Å². The number of esters is 1. The molecule has 0 saturated carbocycles. The van der Waals surface area contributed by atoms with Gasteiger partial charge >= 0.3 is 23.9 Å². The molecule has 10 nitrogen and oxygen atoms in total. The van der Waals surface area contributed by atoms with E-state index in [1.54, 1.807) is 0 Å². The highest BCUT2D eigenvalue weighted by atomic mass is 16.7. The Morgan fingerprint density at radius 2 is 1.29 bits per heavy atom. The number of nitrogens with two attached hydrogens (primary N) is 1. The Morgan fingerprint density at radius 1 is 0.750 bits per heavy atom. The van der Waals surface area contributed by atoms with Crippen LogP contribution < -0.4 is 11.2 Å². The molecule has 10 heteroatoms. The summed E-state index contributed by atoms with van der Waals surface area (Å²) in [6.07, 6.45) is 3.69. The van der Waals surface area contributed by atoms with Crippen molar-refractivity contribution in [3.63, 3.8) is 0 Å². The van der Waals surface area contributed by atoms with Crippen LogP contribution in [0.4, 0.5) is 0 Å². The van der Waals surface area contributed by atoms with Crippen molar-refractivity contribution in [1.82, 2.24) is 5.48 Å². The first-order chi connectivity index (χ1) is 13.3. The van der Waals surface area contributed by atoms with E-state index >= 15 is 0 Å². The van der Waals surface area contributed by atoms with E-state index in [-0.39, 0.29) is 25.7 Å². The predicted octanol–water partition coefficient (Wildman–Crippen LogP) is 1.71. The second-order valence-corrected chi connectivity index (χ2v) is 6.41. The number of carboxylic acids is 2. The van der Waals surface area contributed by atoms with E-state index in [0.717, 1.165) is 19.3 Å². The zero-order valence-electron chi connectivity index (χ0n) is 16.2. The van der Waals surface area contributed by atoms with Gasteiger partial charge in [-0.25, -0.2) is 0 Å². The van der Waals surface area contributed by atoms with Crippen molar-refractivity contribution in [2.75, 3.05) is 6.54 Å². The summed E-state index contributed by atoms with van der Waals surface area (Å²) < 4.78 is 5.26. The van der Waals surface area contributed by atoms with E-state index in [1.807, 2.05) is 0 Å². The smallest absolute Gasteiger partial charge is 0.324 e. The van der Waals surface area contributed by atoms with Gasteiger partial charge in [0.25, 0.3) is 0 Å². The van der Waals surface area contributed by atoms with Gasteiger partial charge in [-0.05, 0) is 45.1 Å². The number of ether oxygens (including phenoxy) is 1. The van der Waals surface area contributed by atoms with Crippen molar-refractivity contribution < 1.29 is 39.0 Å². The number of aliphatic carboxylic acids is 2. The monoisotopic (exact) mass is 404 g/mol. The molecule has 0 spiro atoms. The predicted molar refractivity (Wildman–Crippen MR) is 98.8 cm³/mol. The first-order valence-electron chi connectivity index (χ1n) is 9.63. The Morgan fingerprint density at radius 3 is 1.82 bits per heavy atom. The molecule has 0 heterocycles. The lowest BCUT2D eigenvalue weighted by Gasteiger charge is -2.18. The van der Waals surface area contributed by atoms with Crippen LogP contribution in [0.1, 0.15) is 77.0 Å². The second-order valence-electron chi connectivity index (χ2n) is 6.41. The SMILES string of the molecule is NCCCCCC(NOC(=O)CCCCC(=O)O)OC(=O)CCCCC(=O)O. The van der Waals surface area contributed by atoms with E-state index in [1.165, 1.54) is 0 Å². The van der Waals surface area contributed by atoms with E-state index in [4.69, 9.17) is 25.5 Å². The Labute approximate surface area is 164 Å². The number of hydroxylamine groups is 1. The van der Waals surface area contributed by atoms with Crippen LogP contribution in [0.25, 0.3) is 0 Å². The number of hydrogen-bond acceptors (Lipinski definition) is 8. The maximum absolute atomic E-state index is 11.9. The fourth-order valence-electron chi connectivity index (χ4n) is 2.28. The highest BCUT2D eigenvalue weighted by Crippen LogP contribution is 2.09. The maximum Gasteiger partial charge on any atom is 0.324 e. The number of carbonyl (C=O) groups excluding carboxylic acids is 2. The minimum atomic E-state index is -0.917. The average Bonchev–Trinajstić information content (AvgIpc) is 2.63. The molecule has 0 aromatic heterocycles. The van der Waals surface area contributed by atoms with Gasteiger partial charge in [-0.2, -0.15) is 0 Å². The number of carboxylic acid groups (broad SMARTS) is 2. The lowest BCUT2D eigenvalue weighted by Crippen LogP contribution is -2.35. The normalized spacial score (nSPS) is 11.6. The van der Waals surface area contributed by atoms with Crippen molar-refractivity contribution in [3.05, 3.63) is 0 Å². The van der Waals surface area contributed by atoms with Gasteiger partial charge in [-0.1, -0.05) is 6.42 Å². The van der Waals surface area contributed by atoms with E-state index in [9.17, 15) is 19.2 Å². The Kier molecular flexibility index (Phi) is 15.6. The molecule has 1 unspecified atom stereocenters. The maximum atomic E-state index is 11.9. The summed E-state index contributed by atoms with van der Waals surface area (Å²) in [6.45, 7) is 0.562. The van der Waals surface area contributed by atoms with Crippen LogP contribution in [0.5, 0.6) is 0 Å². The van der Waals surface area contributed by atoms with Crippen LogP contribution in [-0.2, 0) is 28.8 Å². The van der Waals surface area contributed by atoms with E-state index < -0.39 is 30.1 Å². The fourth-order valence-corrected chi connectivity index (χ4v) is 2.28. The first-order valence-corrected chi connectivity index (χ1v) is 9.63. The number of carbonyl (C=O) groups is 4. The van der Waals surface area contributed by atoms with Crippen molar-refractivity contribution in [2.24, 2.45) is 5.73 Å². The van der Waals surface area contributed by atoms with Gasteiger partial charge in [0.2, 0.25) is 0 Å². The number of hydrogen-bond donors (Lipinski definition) is 4. The standard InChI is InChI=1S/C18H32N2O8/c19-13-7-1-2-8-14(27-17(25)11-5-3-9-15(21)22)20-28-18(26)12-6-4-10-16(23)24/h14,20H,1-13,19H2,(H,21,22)(H,23,24). The van der Waals surface area contributed by atoms with Crippen LogP contribution >= 0.6 is 0 Å². The van der Waals surface area contributed by atoms with Gasteiger partial charge in [-0.15, -0.1) is 5.48 Å². The minimum absolute atomic E-state index is 0.00641. The Hall–Kier alpha value is -2.20. The Balaban J connectivity index is 4.22. The molecule has 0 aromatic carbocycles. The fraction of sp³-hybridized carbons (Fsp3) is 0.778. The molecule has 28 heavy (non-hydrogen) atoms. The summed E-state index contributed by atoms with van der Waals surface area (Å²) in [5.74, 6) is -2.89. The molecule has 0 rings (SSSR count). The molecule has 0 fully saturated rings. The molecule has 0 bridgehead atoms. The van der Waals surface area contributed by atoms with Crippen LogP contribution in [-0.4, -0.2) is 46.9 Å².